The van der Waals surface area contributed by atoms with Crippen LogP contribution < -0.4 is 5.73 Å². The van der Waals surface area contributed by atoms with Crippen LogP contribution in [0.4, 0.5) is 0 Å². The van der Waals surface area contributed by atoms with Crippen molar-refractivity contribution < 1.29 is 19.1 Å². The van der Waals surface area contributed by atoms with Gasteiger partial charge in [-0.3, -0.25) is 9.36 Å². The minimum Gasteiger partial charge on any atom is -0.325 e. The first kappa shape index (κ1) is 25.7. The molecule has 0 aliphatic heterocycles. The number of thiophene rings is 1. The zero-order valence-corrected chi connectivity index (χ0v) is 20.2. The summed E-state index contributed by atoms with van der Waals surface area (Å²) in [4.78, 5) is 32.7. The Morgan fingerprint density at radius 3 is 2.57 bits per heavy atom. The monoisotopic (exact) mass is 457 g/mol. The molecule has 5 nitrogen and oxygen atoms in total. The summed E-state index contributed by atoms with van der Waals surface area (Å²) in [6.45, 7) is 1.96. The van der Waals surface area contributed by atoms with Gasteiger partial charge in [-0.25, -0.2) is 0 Å². The van der Waals surface area contributed by atoms with E-state index >= 15 is 0 Å². The molecule has 0 amide bonds. The van der Waals surface area contributed by atoms with Crippen LogP contribution in [0.3, 0.4) is 0 Å². The van der Waals surface area contributed by atoms with Gasteiger partial charge >= 0.3 is 7.60 Å². The van der Waals surface area contributed by atoms with Crippen molar-refractivity contribution in [2.24, 2.45) is 11.7 Å². The van der Waals surface area contributed by atoms with Crippen LogP contribution in [0, 0.1) is 5.92 Å². The third kappa shape index (κ3) is 9.74. The molecule has 172 valence electrons. The highest BCUT2D eigenvalue weighted by atomic mass is 32.1. The van der Waals surface area contributed by atoms with Crippen molar-refractivity contribution in [2.45, 2.75) is 102 Å². The van der Waals surface area contributed by atoms with Gasteiger partial charge in [-0.1, -0.05) is 58.3 Å². The number of aryl methyl sites for hydroxylation is 1. The van der Waals surface area contributed by atoms with E-state index in [0.29, 0.717) is 25.7 Å². The second kappa shape index (κ2) is 12.5. The fourth-order valence-corrected chi connectivity index (χ4v) is 6.09. The number of rotatable bonds is 14. The highest BCUT2D eigenvalue weighted by molar-refractivity contribution is 7.51. The van der Waals surface area contributed by atoms with Crippen LogP contribution in [-0.4, -0.2) is 27.3 Å². The van der Waals surface area contributed by atoms with Gasteiger partial charge < -0.3 is 15.5 Å². The van der Waals surface area contributed by atoms with Crippen molar-refractivity contribution >= 4 is 24.7 Å². The van der Waals surface area contributed by atoms with E-state index in [1.54, 1.807) is 11.3 Å². The van der Waals surface area contributed by atoms with Crippen molar-refractivity contribution in [2.75, 3.05) is 6.16 Å². The topological polar surface area (TPSA) is 101 Å². The molecular weight excluding hydrogens is 417 g/mol. The van der Waals surface area contributed by atoms with Crippen LogP contribution in [-0.2, 0) is 11.0 Å². The second-order valence-electron chi connectivity index (χ2n) is 9.15. The molecule has 0 aromatic carbocycles. The Labute approximate surface area is 186 Å². The lowest BCUT2D eigenvalue weighted by Gasteiger charge is -2.28. The summed E-state index contributed by atoms with van der Waals surface area (Å²) < 4.78 is 11.2. The Bertz CT molecular complexity index is 695. The van der Waals surface area contributed by atoms with Gasteiger partial charge in [0.2, 0.25) is 0 Å². The maximum Gasteiger partial charge on any atom is 0.325 e. The largest absolute Gasteiger partial charge is 0.325 e. The van der Waals surface area contributed by atoms with Gasteiger partial charge in [-0.2, -0.15) is 0 Å². The van der Waals surface area contributed by atoms with E-state index in [9.17, 15) is 9.36 Å². The second-order valence-corrected chi connectivity index (χ2v) is 12.1. The third-order valence-electron chi connectivity index (χ3n) is 6.65. The van der Waals surface area contributed by atoms with Crippen LogP contribution in [0.25, 0.3) is 0 Å². The van der Waals surface area contributed by atoms with Gasteiger partial charge in [-0.15, -0.1) is 11.3 Å². The minimum absolute atomic E-state index is 0.174. The van der Waals surface area contributed by atoms with Crippen molar-refractivity contribution in [3.05, 3.63) is 21.9 Å². The average Bonchev–Trinajstić information content (AvgIpc) is 3.20. The predicted octanol–water partition coefficient (Wildman–Crippen LogP) is 6.07. The Balaban J connectivity index is 1.68. The Kier molecular flexibility index (Phi) is 10.7. The van der Waals surface area contributed by atoms with Gasteiger partial charge in [0.05, 0.1) is 11.0 Å². The number of unbranched alkanes of at least 4 members (excludes halogenated alkanes) is 2. The molecule has 1 unspecified atom stereocenters. The minimum atomic E-state index is -4.03. The number of ketones is 1. The van der Waals surface area contributed by atoms with Crippen LogP contribution >= 0.6 is 18.9 Å². The van der Waals surface area contributed by atoms with E-state index in [0.717, 1.165) is 34.9 Å². The number of hydrogen-bond donors (Lipinski definition) is 3. The Morgan fingerprint density at radius 2 is 1.90 bits per heavy atom. The molecule has 1 atom stereocenters. The first-order valence-electron chi connectivity index (χ1n) is 11.7. The molecule has 1 aliphatic rings. The quantitative estimate of drug-likeness (QED) is 0.179. The number of carbonyl (C=O) groups excluding carboxylic acids is 1. The van der Waals surface area contributed by atoms with Crippen LogP contribution in [0.2, 0.25) is 0 Å². The molecule has 30 heavy (non-hydrogen) atoms. The highest BCUT2D eigenvalue weighted by Crippen LogP contribution is 2.38. The Morgan fingerprint density at radius 1 is 1.17 bits per heavy atom. The average molecular weight is 458 g/mol. The highest BCUT2D eigenvalue weighted by Gasteiger charge is 2.27. The first-order valence-corrected chi connectivity index (χ1v) is 14.3. The molecule has 1 aliphatic carbocycles. The summed E-state index contributed by atoms with van der Waals surface area (Å²) in [5, 5.41) is 0. The molecule has 0 spiro atoms. The lowest BCUT2D eigenvalue weighted by Crippen LogP contribution is -2.40. The van der Waals surface area contributed by atoms with Crippen LogP contribution in [0.15, 0.2) is 12.1 Å². The molecule has 0 radical (unpaired) electrons. The van der Waals surface area contributed by atoms with Gasteiger partial charge in [-0.05, 0) is 50.2 Å². The third-order valence-corrected chi connectivity index (χ3v) is 8.64. The van der Waals surface area contributed by atoms with Gasteiger partial charge in [0.15, 0.2) is 5.78 Å². The molecule has 7 heteroatoms. The molecule has 4 N–H and O–H groups in total. The lowest BCUT2D eigenvalue weighted by molar-refractivity contribution is 0.0982. The molecule has 1 fully saturated rings. The van der Waals surface area contributed by atoms with E-state index in [1.165, 1.54) is 44.9 Å². The first-order chi connectivity index (χ1) is 14.2. The predicted molar refractivity (Wildman–Crippen MR) is 125 cm³/mol. The molecule has 2 rings (SSSR count). The van der Waals surface area contributed by atoms with E-state index < -0.39 is 13.1 Å². The maximum atomic E-state index is 12.5. The van der Waals surface area contributed by atoms with Crippen molar-refractivity contribution in [3.63, 3.8) is 0 Å². The van der Waals surface area contributed by atoms with E-state index in [-0.39, 0.29) is 11.9 Å². The van der Waals surface area contributed by atoms with Gasteiger partial charge in [0, 0.05) is 16.8 Å². The van der Waals surface area contributed by atoms with E-state index in [4.69, 9.17) is 15.5 Å². The lowest BCUT2D eigenvalue weighted by atomic mass is 9.85. The summed E-state index contributed by atoms with van der Waals surface area (Å²) in [5.41, 5.74) is 5.79. The molecule has 1 saturated carbocycles. The number of hydrogen-bond acceptors (Lipinski definition) is 4. The summed E-state index contributed by atoms with van der Waals surface area (Å²) in [6.07, 6.45) is 14.6. The summed E-state index contributed by atoms with van der Waals surface area (Å²) in [5.74, 6) is 1.16. The molecule has 0 saturated heterocycles. The van der Waals surface area contributed by atoms with E-state index in [2.05, 4.69) is 0 Å². The summed E-state index contributed by atoms with van der Waals surface area (Å²) in [6, 6.07) is 3.92. The molecule has 1 heterocycles. The van der Waals surface area contributed by atoms with Crippen molar-refractivity contribution in [1.82, 2.24) is 0 Å². The molecular formula is C23H40NO4PS. The van der Waals surface area contributed by atoms with Gasteiger partial charge in [0.1, 0.15) is 0 Å². The fraction of sp³-hybridized carbons (Fsp3) is 0.783. The summed E-state index contributed by atoms with van der Waals surface area (Å²) >= 11 is 1.54. The zero-order chi connectivity index (χ0) is 22.0. The fourth-order valence-electron chi connectivity index (χ4n) is 4.38. The zero-order valence-electron chi connectivity index (χ0n) is 18.5. The maximum absolute atomic E-state index is 12.5. The number of Topliss-reactive ketones (excluding diaryl/α,β-unsaturated/α-hetero) is 1. The molecule has 0 bridgehead atoms. The number of nitrogens with two attached hydrogens (primary N) is 1. The van der Waals surface area contributed by atoms with Crippen molar-refractivity contribution in [3.8, 4) is 0 Å². The SMILES string of the molecule is CCC(N)(CCc1ccc(C(=O)CCCCCC2CCCCC2)s1)CCP(=O)(O)O. The normalized spacial score (nSPS) is 17.7. The van der Waals surface area contributed by atoms with Crippen LogP contribution in [0.1, 0.15) is 105 Å². The van der Waals surface area contributed by atoms with Crippen LogP contribution in [0.5, 0.6) is 0 Å². The van der Waals surface area contributed by atoms with Crippen molar-refractivity contribution in [1.29, 1.82) is 0 Å². The van der Waals surface area contributed by atoms with Gasteiger partial charge in [0.25, 0.3) is 0 Å². The standard InChI is InChI=1S/C23H40NO4PS/c1-2-23(24,17-18-29(26,27)28)16-15-20-13-14-22(30-20)21(25)12-8-4-7-11-19-9-5-3-6-10-19/h13-14,19H,2-12,15-18,24H2,1H3,(H2,26,27,28). The van der Waals surface area contributed by atoms with E-state index in [1.807, 2.05) is 19.1 Å². The smallest absolute Gasteiger partial charge is 0.325 e. The molecule has 1 aromatic heterocycles. The Hall–Kier alpha value is -0.520. The molecule has 1 aromatic rings. The summed E-state index contributed by atoms with van der Waals surface area (Å²) in [7, 11) is -4.03. The number of carbonyl (C=O) groups is 1.